The minimum Gasteiger partial charge on any atom is -0.302 e. The van der Waals surface area contributed by atoms with Crippen molar-refractivity contribution in [3.05, 3.63) is 24.0 Å². The van der Waals surface area contributed by atoms with Crippen LogP contribution in [0.4, 0.5) is 9.52 Å². The third-order valence-electron chi connectivity index (χ3n) is 2.53. The van der Waals surface area contributed by atoms with Crippen molar-refractivity contribution in [3.63, 3.8) is 0 Å². The minimum atomic E-state index is -0.281. The number of halogens is 1. The average Bonchev–Trinajstić information content (AvgIpc) is 3.00. The Balaban J connectivity index is 1.89. The third kappa shape index (κ3) is 1.78. The van der Waals surface area contributed by atoms with E-state index in [0.717, 1.165) is 23.1 Å². The molecule has 82 valence electrons. The fourth-order valence-electron chi connectivity index (χ4n) is 1.50. The van der Waals surface area contributed by atoms with Crippen LogP contribution in [0, 0.1) is 11.7 Å². The summed E-state index contributed by atoms with van der Waals surface area (Å²) in [4.78, 5) is 15.7. The molecule has 1 aliphatic carbocycles. The highest BCUT2D eigenvalue weighted by Crippen LogP contribution is 2.32. The lowest BCUT2D eigenvalue weighted by atomic mass is 10.3. The van der Waals surface area contributed by atoms with Crippen LogP contribution in [0.5, 0.6) is 0 Å². The molecule has 0 bridgehead atoms. The molecule has 16 heavy (non-hydrogen) atoms. The van der Waals surface area contributed by atoms with Gasteiger partial charge in [-0.3, -0.25) is 4.79 Å². The molecular weight excluding hydrogens is 227 g/mol. The quantitative estimate of drug-likeness (QED) is 0.871. The van der Waals surface area contributed by atoms with Crippen molar-refractivity contribution in [3.8, 4) is 0 Å². The molecule has 3 rings (SSSR count). The van der Waals surface area contributed by atoms with Gasteiger partial charge in [0.25, 0.3) is 0 Å². The summed E-state index contributed by atoms with van der Waals surface area (Å²) in [6.07, 6.45) is 1.93. The van der Waals surface area contributed by atoms with E-state index in [4.69, 9.17) is 0 Å². The Morgan fingerprint density at radius 3 is 3.06 bits per heavy atom. The standard InChI is InChI=1S/C11H9FN2OS/c12-7-3-4-8-9(5-7)16-11(13-8)14-10(15)6-1-2-6/h3-6H,1-2H2,(H,13,14,15). The van der Waals surface area contributed by atoms with Gasteiger partial charge in [-0.2, -0.15) is 0 Å². The predicted octanol–water partition coefficient (Wildman–Crippen LogP) is 2.78. The lowest BCUT2D eigenvalue weighted by molar-refractivity contribution is -0.117. The summed E-state index contributed by atoms with van der Waals surface area (Å²) in [5, 5.41) is 3.31. The summed E-state index contributed by atoms with van der Waals surface area (Å²) in [5.41, 5.74) is 0.720. The van der Waals surface area contributed by atoms with Crippen molar-refractivity contribution in [2.24, 2.45) is 5.92 Å². The maximum absolute atomic E-state index is 12.9. The van der Waals surface area contributed by atoms with Gasteiger partial charge in [-0.25, -0.2) is 9.37 Å². The van der Waals surface area contributed by atoms with Crippen molar-refractivity contribution < 1.29 is 9.18 Å². The summed E-state index contributed by atoms with van der Waals surface area (Å²) >= 11 is 1.30. The number of carbonyl (C=O) groups is 1. The maximum atomic E-state index is 12.9. The predicted molar refractivity (Wildman–Crippen MR) is 60.9 cm³/mol. The monoisotopic (exact) mass is 236 g/mol. The summed E-state index contributed by atoms with van der Waals surface area (Å²) in [6, 6.07) is 4.42. The van der Waals surface area contributed by atoms with E-state index in [9.17, 15) is 9.18 Å². The highest BCUT2D eigenvalue weighted by Gasteiger charge is 2.30. The van der Waals surface area contributed by atoms with E-state index >= 15 is 0 Å². The van der Waals surface area contributed by atoms with E-state index in [-0.39, 0.29) is 17.6 Å². The number of aromatic nitrogens is 1. The van der Waals surface area contributed by atoms with E-state index in [2.05, 4.69) is 10.3 Å². The molecule has 0 spiro atoms. The fourth-order valence-corrected chi connectivity index (χ4v) is 2.40. The van der Waals surface area contributed by atoms with Gasteiger partial charge in [-0.1, -0.05) is 11.3 Å². The molecule has 1 N–H and O–H groups in total. The van der Waals surface area contributed by atoms with Gasteiger partial charge in [0.2, 0.25) is 5.91 Å². The molecule has 0 saturated heterocycles. The van der Waals surface area contributed by atoms with Gasteiger partial charge in [0.15, 0.2) is 5.13 Å². The Labute approximate surface area is 95.3 Å². The SMILES string of the molecule is O=C(Nc1nc2ccc(F)cc2s1)C1CC1. The largest absolute Gasteiger partial charge is 0.302 e. The number of hydrogen-bond acceptors (Lipinski definition) is 3. The van der Waals surface area contributed by atoms with E-state index in [1.807, 2.05) is 0 Å². The molecule has 5 heteroatoms. The lowest BCUT2D eigenvalue weighted by Gasteiger charge is -1.96. The highest BCUT2D eigenvalue weighted by atomic mass is 32.1. The molecule has 0 atom stereocenters. The van der Waals surface area contributed by atoms with Gasteiger partial charge in [0.05, 0.1) is 10.2 Å². The summed E-state index contributed by atoms with van der Waals surface area (Å²) in [6.45, 7) is 0. The molecule has 1 fully saturated rings. The number of nitrogens with one attached hydrogen (secondary N) is 1. The zero-order chi connectivity index (χ0) is 11.1. The van der Waals surface area contributed by atoms with Crippen LogP contribution in [0.3, 0.4) is 0 Å². The van der Waals surface area contributed by atoms with Crippen LogP contribution in [-0.2, 0) is 4.79 Å². The number of nitrogens with zero attached hydrogens (tertiary/aromatic N) is 1. The number of fused-ring (bicyclic) bond motifs is 1. The Morgan fingerprint density at radius 1 is 1.50 bits per heavy atom. The second kappa shape index (κ2) is 3.52. The van der Waals surface area contributed by atoms with Crippen molar-refractivity contribution in [1.29, 1.82) is 0 Å². The second-order valence-electron chi connectivity index (χ2n) is 3.89. The molecule has 0 radical (unpaired) electrons. The summed E-state index contributed by atoms with van der Waals surface area (Å²) < 4.78 is 13.7. The first kappa shape index (κ1) is 9.72. The molecule has 1 amide bonds. The molecular formula is C11H9FN2OS. The number of carbonyl (C=O) groups excluding carboxylic acids is 1. The van der Waals surface area contributed by atoms with Gasteiger partial charge in [-0.05, 0) is 31.0 Å². The smallest absolute Gasteiger partial charge is 0.229 e. The lowest BCUT2D eigenvalue weighted by Crippen LogP contribution is -2.12. The Kier molecular flexibility index (Phi) is 2.14. The van der Waals surface area contributed by atoms with Crippen molar-refractivity contribution >= 4 is 32.6 Å². The first-order valence-corrected chi connectivity index (χ1v) is 5.91. The van der Waals surface area contributed by atoms with E-state index in [1.165, 1.54) is 23.5 Å². The topological polar surface area (TPSA) is 42.0 Å². The number of hydrogen-bond donors (Lipinski definition) is 1. The number of rotatable bonds is 2. The van der Waals surface area contributed by atoms with E-state index in [1.54, 1.807) is 6.07 Å². The maximum Gasteiger partial charge on any atom is 0.229 e. The zero-order valence-corrected chi connectivity index (χ0v) is 9.18. The Morgan fingerprint density at radius 2 is 2.31 bits per heavy atom. The number of amides is 1. The van der Waals surface area contributed by atoms with Crippen LogP contribution in [0.2, 0.25) is 0 Å². The van der Waals surface area contributed by atoms with Gasteiger partial charge in [0.1, 0.15) is 5.82 Å². The Bertz CT molecular complexity index is 562. The molecule has 1 aromatic carbocycles. The molecule has 1 heterocycles. The van der Waals surface area contributed by atoms with Gasteiger partial charge < -0.3 is 5.32 Å². The highest BCUT2D eigenvalue weighted by molar-refractivity contribution is 7.22. The molecule has 3 nitrogen and oxygen atoms in total. The third-order valence-corrected chi connectivity index (χ3v) is 3.46. The molecule has 1 saturated carbocycles. The van der Waals surface area contributed by atoms with Gasteiger partial charge >= 0.3 is 0 Å². The number of anilines is 1. The zero-order valence-electron chi connectivity index (χ0n) is 8.37. The van der Waals surface area contributed by atoms with E-state index < -0.39 is 0 Å². The fraction of sp³-hybridized carbons (Fsp3) is 0.273. The van der Waals surface area contributed by atoms with Crippen LogP contribution >= 0.6 is 11.3 Å². The summed E-state index contributed by atoms with van der Waals surface area (Å²) in [5.74, 6) is -0.0977. The van der Waals surface area contributed by atoms with Crippen molar-refractivity contribution in [2.45, 2.75) is 12.8 Å². The van der Waals surface area contributed by atoms with Crippen LogP contribution < -0.4 is 5.32 Å². The first-order chi connectivity index (χ1) is 7.72. The normalized spacial score (nSPS) is 15.3. The molecule has 1 aromatic heterocycles. The molecule has 2 aromatic rings. The van der Waals surface area contributed by atoms with Crippen LogP contribution in [0.25, 0.3) is 10.2 Å². The number of benzene rings is 1. The first-order valence-electron chi connectivity index (χ1n) is 5.09. The molecule has 0 aliphatic heterocycles. The summed E-state index contributed by atoms with van der Waals surface area (Å²) in [7, 11) is 0. The second-order valence-corrected chi connectivity index (χ2v) is 4.93. The van der Waals surface area contributed by atoms with Crippen molar-refractivity contribution in [1.82, 2.24) is 4.98 Å². The van der Waals surface area contributed by atoms with Gasteiger partial charge in [0, 0.05) is 5.92 Å². The minimum absolute atomic E-state index is 0.0273. The molecule has 0 unspecified atom stereocenters. The van der Waals surface area contributed by atoms with E-state index in [0.29, 0.717) is 5.13 Å². The van der Waals surface area contributed by atoms with Gasteiger partial charge in [-0.15, -0.1) is 0 Å². The average molecular weight is 236 g/mol. The van der Waals surface area contributed by atoms with Crippen LogP contribution in [0.1, 0.15) is 12.8 Å². The molecule has 1 aliphatic rings. The van der Waals surface area contributed by atoms with Crippen LogP contribution in [-0.4, -0.2) is 10.9 Å². The van der Waals surface area contributed by atoms with Crippen LogP contribution in [0.15, 0.2) is 18.2 Å². The number of thiazole rings is 1. The van der Waals surface area contributed by atoms with Crippen molar-refractivity contribution in [2.75, 3.05) is 5.32 Å². The Hall–Kier alpha value is -1.49.